The van der Waals surface area contributed by atoms with Crippen LogP contribution in [0.5, 0.6) is 11.5 Å². The Morgan fingerprint density at radius 1 is 1.09 bits per heavy atom. The van der Waals surface area contributed by atoms with Crippen LogP contribution in [-0.2, 0) is 17.8 Å². The fourth-order valence-corrected chi connectivity index (χ4v) is 4.59. The van der Waals surface area contributed by atoms with Gasteiger partial charge >= 0.3 is 0 Å². The predicted octanol–water partition coefficient (Wildman–Crippen LogP) is 4.42. The maximum Gasteiger partial charge on any atom is 0.255 e. The Morgan fingerprint density at radius 2 is 1.79 bits per heavy atom. The summed E-state index contributed by atoms with van der Waals surface area (Å²) in [5.74, 6) is 1.26. The number of aromatic nitrogens is 1. The highest BCUT2D eigenvalue weighted by molar-refractivity contribution is 5.84. The van der Waals surface area contributed by atoms with Crippen LogP contribution < -0.4 is 20.3 Å². The zero-order chi connectivity index (χ0) is 23.6. The second kappa shape index (κ2) is 9.57. The molecule has 2 heterocycles. The largest absolute Gasteiger partial charge is 0.493 e. The van der Waals surface area contributed by atoms with Crippen LogP contribution in [0.2, 0.25) is 0 Å². The second-order valence-electron chi connectivity index (χ2n) is 9.49. The van der Waals surface area contributed by atoms with E-state index in [1.165, 1.54) is 5.56 Å². The summed E-state index contributed by atoms with van der Waals surface area (Å²) in [7, 11) is 3.24. The summed E-state index contributed by atoms with van der Waals surface area (Å²) in [6.07, 6.45) is 1.86. The first-order valence-corrected chi connectivity index (χ1v) is 11.5. The number of ether oxygens (including phenoxy) is 3. The first-order chi connectivity index (χ1) is 15.8. The van der Waals surface area contributed by atoms with Crippen molar-refractivity contribution in [2.45, 2.75) is 58.3 Å². The third-order valence-electron chi connectivity index (χ3n) is 6.41. The van der Waals surface area contributed by atoms with E-state index in [4.69, 9.17) is 14.2 Å². The van der Waals surface area contributed by atoms with E-state index in [9.17, 15) is 4.79 Å². The molecule has 6 heteroatoms. The molecule has 0 spiro atoms. The van der Waals surface area contributed by atoms with Crippen molar-refractivity contribution in [3.05, 3.63) is 69.5 Å². The zero-order valence-corrected chi connectivity index (χ0v) is 20.2. The Labute approximate surface area is 195 Å². The zero-order valence-electron chi connectivity index (χ0n) is 20.2. The molecule has 1 aliphatic rings. The minimum absolute atomic E-state index is 0.00844. The summed E-state index contributed by atoms with van der Waals surface area (Å²) in [5.41, 5.74) is 3.71. The number of fused-ring (bicyclic) bond motifs is 1. The highest BCUT2D eigenvalue weighted by Gasteiger charge is 2.28. The molecule has 4 rings (SSSR count). The molecule has 0 radical (unpaired) electrons. The van der Waals surface area contributed by atoms with E-state index in [0.717, 1.165) is 41.5 Å². The van der Waals surface area contributed by atoms with Gasteiger partial charge < -0.3 is 24.1 Å². The van der Waals surface area contributed by atoms with Crippen LogP contribution in [0, 0.1) is 6.92 Å². The minimum atomic E-state index is -0.144. The summed E-state index contributed by atoms with van der Waals surface area (Å²) >= 11 is 0. The van der Waals surface area contributed by atoms with Gasteiger partial charge in [0.15, 0.2) is 11.5 Å². The number of hydrogen-bond donors (Lipinski definition) is 1. The van der Waals surface area contributed by atoms with Gasteiger partial charge in [-0.15, -0.1) is 0 Å². The number of nitrogens with zero attached hydrogens (tertiary/aromatic N) is 1. The lowest BCUT2D eigenvalue weighted by atomic mass is 9.94. The highest BCUT2D eigenvalue weighted by Crippen LogP contribution is 2.32. The Balaban J connectivity index is 1.74. The molecule has 1 N–H and O–H groups in total. The third kappa shape index (κ3) is 5.23. The van der Waals surface area contributed by atoms with E-state index in [2.05, 4.69) is 50.4 Å². The number of rotatable bonds is 7. The average molecular weight is 451 g/mol. The molecule has 0 amide bonds. The maximum atomic E-state index is 13.6. The maximum absolute atomic E-state index is 13.6. The van der Waals surface area contributed by atoms with Gasteiger partial charge in [0.1, 0.15) is 0 Å². The van der Waals surface area contributed by atoms with Crippen molar-refractivity contribution in [1.29, 1.82) is 0 Å². The van der Waals surface area contributed by atoms with Crippen molar-refractivity contribution in [2.75, 3.05) is 20.8 Å². The molecule has 176 valence electrons. The fraction of sp³-hybridized carbons (Fsp3) is 0.444. The van der Waals surface area contributed by atoms with Crippen LogP contribution in [0.25, 0.3) is 10.9 Å². The number of benzene rings is 2. The quantitative estimate of drug-likeness (QED) is 0.577. The average Bonchev–Trinajstić information content (AvgIpc) is 2.79. The Morgan fingerprint density at radius 3 is 2.45 bits per heavy atom. The molecule has 1 atom stereocenters. The summed E-state index contributed by atoms with van der Waals surface area (Å²) in [5, 5.41) is 4.55. The molecule has 1 saturated heterocycles. The molecule has 3 aromatic rings. The highest BCUT2D eigenvalue weighted by atomic mass is 16.5. The Bertz CT molecular complexity index is 1180. The van der Waals surface area contributed by atoms with E-state index < -0.39 is 0 Å². The molecule has 0 bridgehead atoms. The van der Waals surface area contributed by atoms with Crippen molar-refractivity contribution in [3.63, 3.8) is 0 Å². The third-order valence-corrected chi connectivity index (χ3v) is 6.41. The van der Waals surface area contributed by atoms with E-state index in [0.29, 0.717) is 30.6 Å². The van der Waals surface area contributed by atoms with Gasteiger partial charge in [-0.2, -0.15) is 0 Å². The lowest BCUT2D eigenvalue weighted by Crippen LogP contribution is -2.44. The van der Waals surface area contributed by atoms with Gasteiger partial charge in [-0.3, -0.25) is 4.79 Å². The van der Waals surface area contributed by atoms with Crippen molar-refractivity contribution >= 4 is 10.9 Å². The first-order valence-electron chi connectivity index (χ1n) is 11.5. The number of pyridine rings is 1. The van der Waals surface area contributed by atoms with Crippen LogP contribution in [-0.4, -0.2) is 37.0 Å². The van der Waals surface area contributed by atoms with Crippen LogP contribution in [0.3, 0.4) is 0 Å². The number of aryl methyl sites for hydroxylation is 1. The molecule has 0 unspecified atom stereocenters. The second-order valence-corrected chi connectivity index (χ2v) is 9.49. The lowest BCUT2D eigenvalue weighted by Gasteiger charge is -2.36. The minimum Gasteiger partial charge on any atom is -0.493 e. The Hall–Kier alpha value is -2.83. The Kier molecular flexibility index (Phi) is 6.77. The SMILES string of the molecule is COc1cc2cc(CN[C@H]3CCOC(C)(C)C3)c(=O)n(Cc3ccc(C)cc3)c2cc1OC. The molecular weight excluding hydrogens is 416 g/mol. The topological polar surface area (TPSA) is 61.7 Å². The summed E-state index contributed by atoms with van der Waals surface area (Å²) in [6, 6.07) is 14.4. The predicted molar refractivity (Wildman–Crippen MR) is 131 cm³/mol. The van der Waals surface area contributed by atoms with Gasteiger partial charge in [0.05, 0.1) is 31.9 Å². The number of nitrogens with one attached hydrogen (secondary N) is 1. The smallest absolute Gasteiger partial charge is 0.255 e. The van der Waals surface area contributed by atoms with E-state index >= 15 is 0 Å². The number of hydrogen-bond acceptors (Lipinski definition) is 5. The van der Waals surface area contributed by atoms with Crippen molar-refractivity contribution < 1.29 is 14.2 Å². The molecule has 6 nitrogen and oxygen atoms in total. The van der Waals surface area contributed by atoms with Gasteiger partial charge in [-0.1, -0.05) is 29.8 Å². The molecule has 1 fully saturated rings. The van der Waals surface area contributed by atoms with Crippen molar-refractivity contribution in [2.24, 2.45) is 0 Å². The van der Waals surface area contributed by atoms with Gasteiger partial charge in [0, 0.05) is 36.2 Å². The summed E-state index contributed by atoms with van der Waals surface area (Å²) in [6.45, 7) is 8.03. The normalized spacial score (nSPS) is 17.8. The fourth-order valence-electron chi connectivity index (χ4n) is 4.59. The van der Waals surface area contributed by atoms with Crippen LogP contribution >= 0.6 is 0 Å². The van der Waals surface area contributed by atoms with E-state index in [1.807, 2.05) is 22.8 Å². The van der Waals surface area contributed by atoms with Gasteiger partial charge in [-0.25, -0.2) is 0 Å². The number of methoxy groups -OCH3 is 2. The molecule has 1 aromatic heterocycles. The molecule has 1 aliphatic heterocycles. The van der Waals surface area contributed by atoms with E-state index in [-0.39, 0.29) is 11.2 Å². The molecule has 2 aromatic carbocycles. The van der Waals surface area contributed by atoms with Crippen molar-refractivity contribution in [1.82, 2.24) is 9.88 Å². The van der Waals surface area contributed by atoms with Crippen molar-refractivity contribution in [3.8, 4) is 11.5 Å². The van der Waals surface area contributed by atoms with Gasteiger partial charge in [0.25, 0.3) is 5.56 Å². The summed E-state index contributed by atoms with van der Waals surface area (Å²) < 4.78 is 18.7. The van der Waals surface area contributed by atoms with Gasteiger partial charge in [0.2, 0.25) is 0 Å². The van der Waals surface area contributed by atoms with Gasteiger partial charge in [-0.05, 0) is 51.3 Å². The van der Waals surface area contributed by atoms with E-state index in [1.54, 1.807) is 14.2 Å². The summed E-state index contributed by atoms with van der Waals surface area (Å²) in [4.78, 5) is 13.6. The molecular formula is C27H34N2O4. The monoisotopic (exact) mass is 450 g/mol. The molecule has 33 heavy (non-hydrogen) atoms. The van der Waals surface area contributed by atoms with Crippen LogP contribution in [0.1, 0.15) is 43.4 Å². The first kappa shape index (κ1) is 23.3. The molecule has 0 aliphatic carbocycles. The van der Waals surface area contributed by atoms with Crippen LogP contribution in [0.15, 0.2) is 47.3 Å². The molecule has 0 saturated carbocycles. The lowest BCUT2D eigenvalue weighted by molar-refractivity contribution is -0.0630. The van der Waals surface area contributed by atoms with Crippen LogP contribution in [0.4, 0.5) is 0 Å². The standard InChI is InChI=1S/C27H34N2O4/c1-18-6-8-19(9-7-18)17-29-23-14-25(32-5)24(31-4)13-20(23)12-21(26(29)30)16-28-22-10-11-33-27(2,3)15-22/h6-9,12-14,22,28H,10-11,15-17H2,1-5H3/t22-/m0/s1.